The highest BCUT2D eigenvalue weighted by Gasteiger charge is 2.19. The number of nitrogens with zero attached hydrogens (tertiary/aromatic N) is 1. The summed E-state index contributed by atoms with van der Waals surface area (Å²) in [6.45, 7) is 4.05. The van der Waals surface area contributed by atoms with E-state index in [0.29, 0.717) is 22.5 Å². The number of fused-ring (bicyclic) bond motifs is 3. The molecule has 0 unspecified atom stereocenters. The minimum absolute atomic E-state index is 0.173. The van der Waals surface area contributed by atoms with Crippen molar-refractivity contribution < 1.29 is 17.6 Å². The van der Waals surface area contributed by atoms with E-state index in [1.807, 2.05) is 74.5 Å². The van der Waals surface area contributed by atoms with Gasteiger partial charge in [0.25, 0.3) is 5.91 Å². The van der Waals surface area contributed by atoms with Crippen LogP contribution in [0.5, 0.6) is 0 Å². The van der Waals surface area contributed by atoms with Crippen LogP contribution in [0.25, 0.3) is 21.9 Å². The van der Waals surface area contributed by atoms with Crippen molar-refractivity contribution >= 4 is 49.2 Å². The van der Waals surface area contributed by atoms with Crippen LogP contribution in [-0.4, -0.2) is 20.6 Å². The first kappa shape index (κ1) is 23.6. The third kappa shape index (κ3) is 4.83. The Morgan fingerprint density at radius 2 is 1.50 bits per heavy atom. The van der Waals surface area contributed by atoms with E-state index in [1.54, 1.807) is 24.3 Å². The number of nitrogens with one attached hydrogen (secondary N) is 1. The zero-order valence-electron chi connectivity index (χ0n) is 20.3. The molecule has 0 aliphatic heterocycles. The minimum Gasteiger partial charge on any atom is -0.456 e. The Morgan fingerprint density at radius 3 is 2.19 bits per heavy atom. The van der Waals surface area contributed by atoms with Gasteiger partial charge in [0.05, 0.1) is 18.5 Å². The fraction of sp³-hybridized carbons (Fsp3) is 0.138. The van der Waals surface area contributed by atoms with Crippen molar-refractivity contribution in [1.29, 1.82) is 0 Å². The summed E-state index contributed by atoms with van der Waals surface area (Å²) >= 11 is 0. The van der Waals surface area contributed by atoms with Gasteiger partial charge in [-0.3, -0.25) is 9.10 Å². The Morgan fingerprint density at radius 1 is 0.833 bits per heavy atom. The number of sulfonamides is 1. The van der Waals surface area contributed by atoms with E-state index in [4.69, 9.17) is 4.42 Å². The molecule has 0 aliphatic carbocycles. The summed E-state index contributed by atoms with van der Waals surface area (Å²) in [5, 5.41) is 4.94. The third-order valence-electron chi connectivity index (χ3n) is 6.07. The molecular weight excluding hydrogens is 472 g/mol. The van der Waals surface area contributed by atoms with Gasteiger partial charge in [-0.25, -0.2) is 8.42 Å². The van der Waals surface area contributed by atoms with Crippen molar-refractivity contribution in [3.63, 3.8) is 0 Å². The van der Waals surface area contributed by atoms with Crippen molar-refractivity contribution in [2.24, 2.45) is 0 Å². The first-order valence-electron chi connectivity index (χ1n) is 11.5. The second kappa shape index (κ2) is 9.17. The molecule has 0 atom stereocenters. The summed E-state index contributed by atoms with van der Waals surface area (Å²) in [5.41, 5.74) is 6.00. The van der Waals surface area contributed by atoms with Crippen molar-refractivity contribution in [3.05, 3.63) is 107 Å². The second-order valence-electron chi connectivity index (χ2n) is 9.08. The van der Waals surface area contributed by atoms with Crippen molar-refractivity contribution in [2.45, 2.75) is 20.4 Å². The Balaban J connectivity index is 1.34. The number of hydrogen-bond acceptors (Lipinski definition) is 4. The average Bonchev–Trinajstić information content (AvgIpc) is 3.19. The van der Waals surface area contributed by atoms with Gasteiger partial charge in [0.2, 0.25) is 10.0 Å². The highest BCUT2D eigenvalue weighted by Crippen LogP contribution is 2.30. The molecule has 1 N–H and O–H groups in total. The lowest BCUT2D eigenvalue weighted by Gasteiger charge is -2.23. The van der Waals surface area contributed by atoms with Crippen LogP contribution in [0.2, 0.25) is 0 Å². The molecule has 4 aromatic carbocycles. The van der Waals surface area contributed by atoms with Gasteiger partial charge in [-0.15, -0.1) is 0 Å². The van der Waals surface area contributed by atoms with Crippen molar-refractivity contribution in [1.82, 2.24) is 0 Å². The minimum atomic E-state index is -3.50. The molecule has 36 heavy (non-hydrogen) atoms. The van der Waals surface area contributed by atoms with E-state index in [-0.39, 0.29) is 12.5 Å². The fourth-order valence-corrected chi connectivity index (χ4v) is 5.30. The molecule has 7 heteroatoms. The molecule has 0 fully saturated rings. The maximum Gasteiger partial charge on any atom is 0.255 e. The summed E-state index contributed by atoms with van der Waals surface area (Å²) in [7, 11) is -3.50. The summed E-state index contributed by atoms with van der Waals surface area (Å²) < 4.78 is 32.4. The Labute approximate surface area is 210 Å². The van der Waals surface area contributed by atoms with E-state index < -0.39 is 10.0 Å². The molecule has 1 aromatic heterocycles. The van der Waals surface area contributed by atoms with Gasteiger partial charge in [-0.1, -0.05) is 36.4 Å². The molecule has 1 heterocycles. The van der Waals surface area contributed by atoms with Crippen LogP contribution in [-0.2, 0) is 16.6 Å². The molecule has 5 aromatic rings. The summed E-state index contributed by atoms with van der Waals surface area (Å²) in [5.74, 6) is -0.258. The topological polar surface area (TPSA) is 79.6 Å². The molecule has 6 nitrogen and oxygen atoms in total. The zero-order chi connectivity index (χ0) is 25.4. The van der Waals surface area contributed by atoms with Gasteiger partial charge >= 0.3 is 0 Å². The maximum absolute atomic E-state index is 12.9. The van der Waals surface area contributed by atoms with Gasteiger partial charge in [0.15, 0.2) is 0 Å². The maximum atomic E-state index is 12.9. The first-order valence-corrected chi connectivity index (χ1v) is 13.4. The molecule has 0 saturated heterocycles. The number of furan rings is 1. The van der Waals surface area contributed by atoms with E-state index in [9.17, 15) is 13.2 Å². The lowest BCUT2D eigenvalue weighted by atomic mass is 10.1. The Hall–Kier alpha value is -4.10. The van der Waals surface area contributed by atoms with Crippen LogP contribution >= 0.6 is 0 Å². The Kier molecular flexibility index (Phi) is 6.02. The lowest BCUT2D eigenvalue weighted by Crippen LogP contribution is -2.29. The second-order valence-corrected chi connectivity index (χ2v) is 11.0. The highest BCUT2D eigenvalue weighted by atomic mass is 32.2. The molecule has 0 spiro atoms. The number of aryl methyl sites for hydroxylation is 2. The number of amides is 1. The van der Waals surface area contributed by atoms with Crippen molar-refractivity contribution in [2.75, 3.05) is 15.9 Å². The summed E-state index contributed by atoms with van der Waals surface area (Å²) in [6.07, 6.45) is 1.20. The van der Waals surface area contributed by atoms with Crippen LogP contribution < -0.4 is 9.62 Å². The largest absolute Gasteiger partial charge is 0.456 e. The number of rotatable bonds is 6. The standard InChI is InChI=1S/C29H26N2O4S/c1-19-14-20(2)16-24(15-19)31(36(3,33)34)18-21-8-10-22(11-9-21)29(32)30-23-12-13-26-25-6-4-5-7-27(25)35-28(26)17-23/h4-17H,18H2,1-3H3,(H,30,32). The number of para-hydroxylation sites is 1. The Bertz CT molecular complexity index is 1680. The normalized spacial score (nSPS) is 11.6. The molecule has 0 saturated carbocycles. The van der Waals surface area contributed by atoms with E-state index in [1.165, 1.54) is 10.6 Å². The predicted octanol–water partition coefficient (Wildman–Crippen LogP) is 6.42. The molecular formula is C29H26N2O4S. The van der Waals surface area contributed by atoms with Gasteiger partial charge in [0.1, 0.15) is 11.2 Å². The fourth-order valence-electron chi connectivity index (χ4n) is 4.43. The van der Waals surface area contributed by atoms with Gasteiger partial charge < -0.3 is 9.73 Å². The zero-order valence-corrected chi connectivity index (χ0v) is 21.1. The monoisotopic (exact) mass is 498 g/mol. The molecule has 0 radical (unpaired) electrons. The summed E-state index contributed by atoms with van der Waals surface area (Å²) in [6, 6.07) is 26.1. The molecule has 1 amide bonds. The number of carbonyl (C=O) groups excluding carboxylic acids is 1. The van der Waals surface area contributed by atoms with Crippen LogP contribution in [0.15, 0.2) is 89.3 Å². The molecule has 5 rings (SSSR count). The highest BCUT2D eigenvalue weighted by molar-refractivity contribution is 7.92. The van der Waals surface area contributed by atoms with Crippen LogP contribution in [0.4, 0.5) is 11.4 Å². The molecule has 0 aliphatic rings. The van der Waals surface area contributed by atoms with Gasteiger partial charge in [-0.2, -0.15) is 0 Å². The van der Waals surface area contributed by atoms with Gasteiger partial charge in [-0.05, 0) is 73.0 Å². The van der Waals surface area contributed by atoms with Crippen LogP contribution in [0, 0.1) is 13.8 Å². The molecule has 182 valence electrons. The van der Waals surface area contributed by atoms with Crippen LogP contribution in [0.3, 0.4) is 0 Å². The smallest absolute Gasteiger partial charge is 0.255 e. The molecule has 0 bridgehead atoms. The van der Waals surface area contributed by atoms with E-state index in [0.717, 1.165) is 33.0 Å². The number of carbonyl (C=O) groups is 1. The van der Waals surface area contributed by atoms with E-state index >= 15 is 0 Å². The third-order valence-corrected chi connectivity index (χ3v) is 7.21. The van der Waals surface area contributed by atoms with Crippen LogP contribution in [0.1, 0.15) is 27.0 Å². The number of hydrogen-bond donors (Lipinski definition) is 1. The van der Waals surface area contributed by atoms with Gasteiger partial charge in [0, 0.05) is 28.1 Å². The first-order chi connectivity index (χ1) is 17.2. The number of benzene rings is 4. The summed E-state index contributed by atoms with van der Waals surface area (Å²) in [4.78, 5) is 12.9. The SMILES string of the molecule is Cc1cc(C)cc(N(Cc2ccc(C(=O)Nc3ccc4c(c3)oc3ccccc34)cc2)S(C)(=O)=O)c1. The lowest BCUT2D eigenvalue weighted by molar-refractivity contribution is 0.102. The van der Waals surface area contributed by atoms with Crippen molar-refractivity contribution in [3.8, 4) is 0 Å². The average molecular weight is 499 g/mol. The van der Waals surface area contributed by atoms with E-state index in [2.05, 4.69) is 5.32 Å². The predicted molar refractivity (Wildman–Crippen MR) is 145 cm³/mol. The number of anilines is 2. The quantitative estimate of drug-likeness (QED) is 0.293.